The number of carbonyl (C=O) groups is 1. The number of amides is 1. The summed E-state index contributed by atoms with van der Waals surface area (Å²) in [5.41, 5.74) is 0.831. The first kappa shape index (κ1) is 15.0. The molecule has 1 aliphatic rings. The molecule has 0 N–H and O–H groups in total. The van der Waals surface area contributed by atoms with Crippen molar-refractivity contribution in [2.24, 2.45) is 0 Å². The van der Waals surface area contributed by atoms with Crippen molar-refractivity contribution < 1.29 is 4.79 Å². The molecule has 3 rings (SSSR count). The third-order valence-electron chi connectivity index (χ3n) is 3.80. The summed E-state index contributed by atoms with van der Waals surface area (Å²) in [7, 11) is 0. The van der Waals surface area contributed by atoms with E-state index in [1.807, 2.05) is 22.4 Å². The Kier molecular flexibility index (Phi) is 4.68. The maximum atomic E-state index is 12.5. The van der Waals surface area contributed by atoms with Gasteiger partial charge in [-0.2, -0.15) is 0 Å². The predicted molar refractivity (Wildman–Crippen MR) is 88.5 cm³/mol. The van der Waals surface area contributed by atoms with Crippen molar-refractivity contribution in [1.29, 1.82) is 0 Å². The fourth-order valence-electron chi connectivity index (χ4n) is 2.62. The number of aryl methyl sites for hydroxylation is 1. The second kappa shape index (κ2) is 6.87. The van der Waals surface area contributed by atoms with Gasteiger partial charge in [0.25, 0.3) is 5.91 Å². The van der Waals surface area contributed by atoms with Gasteiger partial charge in [-0.05, 0) is 18.6 Å². The van der Waals surface area contributed by atoms with E-state index >= 15 is 0 Å². The lowest BCUT2D eigenvalue weighted by Gasteiger charge is -2.34. The molecule has 22 heavy (non-hydrogen) atoms. The van der Waals surface area contributed by atoms with Gasteiger partial charge in [0.05, 0.1) is 5.56 Å². The minimum absolute atomic E-state index is 0.146. The number of nitrogens with zero attached hydrogens (tertiary/aromatic N) is 4. The van der Waals surface area contributed by atoms with Crippen molar-refractivity contribution in [1.82, 2.24) is 14.9 Å². The molecule has 5 nitrogen and oxygen atoms in total. The van der Waals surface area contributed by atoms with E-state index in [-0.39, 0.29) is 5.91 Å². The zero-order chi connectivity index (χ0) is 15.4. The van der Waals surface area contributed by atoms with E-state index in [0.29, 0.717) is 0 Å². The summed E-state index contributed by atoms with van der Waals surface area (Å²) in [4.78, 5) is 26.4. The first-order valence-electron chi connectivity index (χ1n) is 7.66. The monoisotopic (exact) mass is 316 g/mol. The van der Waals surface area contributed by atoms with Crippen LogP contribution in [-0.2, 0) is 6.42 Å². The number of rotatable bonds is 4. The Morgan fingerprint density at radius 2 is 1.95 bits per heavy atom. The van der Waals surface area contributed by atoms with Crippen LogP contribution in [0.4, 0.5) is 5.95 Å². The van der Waals surface area contributed by atoms with Crippen LogP contribution in [0.5, 0.6) is 0 Å². The highest BCUT2D eigenvalue weighted by Crippen LogP contribution is 2.19. The SMILES string of the molecule is CCCc1cc(C(=O)N2CCN(c3ncccn3)CC2)cs1. The van der Waals surface area contributed by atoms with Crippen molar-refractivity contribution in [2.75, 3.05) is 31.1 Å². The molecular formula is C16H20N4OS. The Bertz CT molecular complexity index is 620. The standard InChI is InChI=1S/C16H20N4OS/c1-2-4-14-11-13(12-22-14)15(21)19-7-9-20(10-8-19)16-17-5-3-6-18-16/h3,5-6,11-12H,2,4,7-10H2,1H3. The largest absolute Gasteiger partial charge is 0.337 e. The van der Waals surface area contributed by atoms with Crippen molar-refractivity contribution >= 4 is 23.2 Å². The molecule has 0 aromatic carbocycles. The average Bonchev–Trinajstić information content (AvgIpc) is 3.04. The summed E-state index contributed by atoms with van der Waals surface area (Å²) < 4.78 is 0. The number of anilines is 1. The first-order chi connectivity index (χ1) is 10.8. The zero-order valence-electron chi connectivity index (χ0n) is 12.7. The van der Waals surface area contributed by atoms with Crippen LogP contribution in [0.2, 0.25) is 0 Å². The molecule has 0 aliphatic carbocycles. The number of thiophene rings is 1. The highest BCUT2D eigenvalue weighted by Gasteiger charge is 2.23. The molecule has 0 atom stereocenters. The zero-order valence-corrected chi connectivity index (χ0v) is 13.6. The Labute approximate surface area is 134 Å². The van der Waals surface area contributed by atoms with Crippen molar-refractivity contribution in [2.45, 2.75) is 19.8 Å². The van der Waals surface area contributed by atoms with E-state index in [4.69, 9.17) is 0 Å². The molecule has 0 unspecified atom stereocenters. The summed E-state index contributed by atoms with van der Waals surface area (Å²) in [5.74, 6) is 0.891. The molecule has 1 fully saturated rings. The molecule has 1 amide bonds. The van der Waals surface area contributed by atoms with Crippen molar-refractivity contribution in [3.8, 4) is 0 Å². The first-order valence-corrected chi connectivity index (χ1v) is 8.54. The summed E-state index contributed by atoms with van der Waals surface area (Å²) in [6.07, 6.45) is 5.67. The fraction of sp³-hybridized carbons (Fsp3) is 0.438. The fourth-order valence-corrected chi connectivity index (χ4v) is 3.58. The Morgan fingerprint density at radius 1 is 1.23 bits per heavy atom. The van der Waals surface area contributed by atoms with Gasteiger partial charge in [0, 0.05) is 48.8 Å². The van der Waals surface area contributed by atoms with E-state index in [1.165, 1.54) is 4.88 Å². The molecule has 0 radical (unpaired) electrons. The van der Waals surface area contributed by atoms with E-state index in [0.717, 1.165) is 50.5 Å². The molecule has 2 aromatic heterocycles. The van der Waals surface area contributed by atoms with Gasteiger partial charge in [-0.1, -0.05) is 13.3 Å². The molecule has 0 spiro atoms. The highest BCUT2D eigenvalue weighted by atomic mass is 32.1. The highest BCUT2D eigenvalue weighted by molar-refractivity contribution is 7.10. The van der Waals surface area contributed by atoms with Gasteiger partial charge in [0.1, 0.15) is 0 Å². The van der Waals surface area contributed by atoms with Crippen LogP contribution < -0.4 is 4.90 Å². The number of piperazine rings is 1. The summed E-state index contributed by atoms with van der Waals surface area (Å²) in [6.45, 7) is 5.15. The molecule has 0 saturated carbocycles. The van der Waals surface area contributed by atoms with Gasteiger partial charge in [-0.15, -0.1) is 11.3 Å². The Balaban J connectivity index is 1.59. The summed E-state index contributed by atoms with van der Waals surface area (Å²) in [6, 6.07) is 3.86. The molecule has 0 bridgehead atoms. The van der Waals surface area contributed by atoms with Gasteiger partial charge in [-0.3, -0.25) is 4.79 Å². The normalized spacial score (nSPS) is 15.1. The minimum Gasteiger partial charge on any atom is -0.337 e. The topological polar surface area (TPSA) is 49.3 Å². The molecule has 116 valence electrons. The van der Waals surface area contributed by atoms with Gasteiger partial charge < -0.3 is 9.80 Å². The van der Waals surface area contributed by atoms with Gasteiger partial charge in [0.15, 0.2) is 0 Å². The maximum absolute atomic E-state index is 12.5. The second-order valence-electron chi connectivity index (χ2n) is 5.38. The van der Waals surface area contributed by atoms with E-state index in [2.05, 4.69) is 21.8 Å². The lowest BCUT2D eigenvalue weighted by atomic mass is 10.2. The van der Waals surface area contributed by atoms with Crippen LogP contribution >= 0.6 is 11.3 Å². The lowest BCUT2D eigenvalue weighted by molar-refractivity contribution is 0.0746. The predicted octanol–water partition coefficient (Wildman–Crippen LogP) is 2.45. The van der Waals surface area contributed by atoms with Crippen LogP contribution in [0.1, 0.15) is 28.6 Å². The summed E-state index contributed by atoms with van der Waals surface area (Å²) >= 11 is 1.69. The van der Waals surface area contributed by atoms with E-state index < -0.39 is 0 Å². The Morgan fingerprint density at radius 3 is 2.64 bits per heavy atom. The molecule has 2 aromatic rings. The quantitative estimate of drug-likeness (QED) is 0.869. The number of carbonyl (C=O) groups excluding carboxylic acids is 1. The molecule has 6 heteroatoms. The smallest absolute Gasteiger partial charge is 0.254 e. The maximum Gasteiger partial charge on any atom is 0.254 e. The van der Waals surface area contributed by atoms with Gasteiger partial charge in [0.2, 0.25) is 5.95 Å². The van der Waals surface area contributed by atoms with Gasteiger partial charge >= 0.3 is 0 Å². The van der Waals surface area contributed by atoms with Crippen LogP contribution in [0.3, 0.4) is 0 Å². The summed E-state index contributed by atoms with van der Waals surface area (Å²) in [5, 5.41) is 1.99. The molecule has 1 aliphatic heterocycles. The molecule has 1 saturated heterocycles. The molecular weight excluding hydrogens is 296 g/mol. The van der Waals surface area contributed by atoms with Crippen LogP contribution in [0.25, 0.3) is 0 Å². The van der Waals surface area contributed by atoms with Crippen LogP contribution in [0.15, 0.2) is 29.9 Å². The number of hydrogen-bond acceptors (Lipinski definition) is 5. The minimum atomic E-state index is 0.146. The van der Waals surface area contributed by atoms with Crippen LogP contribution in [-0.4, -0.2) is 47.0 Å². The molecule has 3 heterocycles. The lowest BCUT2D eigenvalue weighted by Crippen LogP contribution is -2.49. The van der Waals surface area contributed by atoms with Gasteiger partial charge in [-0.25, -0.2) is 9.97 Å². The average molecular weight is 316 g/mol. The van der Waals surface area contributed by atoms with Crippen molar-refractivity contribution in [3.05, 3.63) is 40.3 Å². The third-order valence-corrected chi connectivity index (χ3v) is 4.80. The van der Waals surface area contributed by atoms with Crippen molar-refractivity contribution in [3.63, 3.8) is 0 Å². The Hall–Kier alpha value is -1.95. The third kappa shape index (κ3) is 3.27. The van der Waals surface area contributed by atoms with Crippen LogP contribution in [0, 0.1) is 0 Å². The number of hydrogen-bond donors (Lipinski definition) is 0. The van der Waals surface area contributed by atoms with E-state index in [1.54, 1.807) is 23.7 Å². The second-order valence-corrected chi connectivity index (χ2v) is 6.38. The van der Waals surface area contributed by atoms with E-state index in [9.17, 15) is 4.79 Å². The number of aromatic nitrogens is 2.